The minimum atomic E-state index is -1.87. The van der Waals surface area contributed by atoms with Crippen LogP contribution in [-0.4, -0.2) is 61.6 Å². The van der Waals surface area contributed by atoms with Crippen molar-refractivity contribution in [1.82, 2.24) is 4.90 Å². The van der Waals surface area contributed by atoms with Gasteiger partial charge >= 0.3 is 11.9 Å². The van der Waals surface area contributed by atoms with E-state index >= 15 is 0 Å². The van der Waals surface area contributed by atoms with E-state index in [0.717, 1.165) is 0 Å². The lowest BCUT2D eigenvalue weighted by molar-refractivity contribution is -0.141. The van der Waals surface area contributed by atoms with E-state index in [4.69, 9.17) is 14.6 Å². The Morgan fingerprint density at radius 1 is 1.11 bits per heavy atom. The van der Waals surface area contributed by atoms with Gasteiger partial charge in [-0.25, -0.2) is 0 Å². The molecule has 0 radical (unpaired) electrons. The first-order valence-electron chi connectivity index (χ1n) is 6.25. The molecule has 0 aromatic rings. The average Bonchev–Trinajstić information content (AvgIpc) is 2.12. The highest BCUT2D eigenvalue weighted by atomic mass is 28.4. The third kappa shape index (κ3) is 7.29. The first kappa shape index (κ1) is 18.1. The Morgan fingerprint density at radius 3 is 1.84 bits per heavy atom. The molecule has 7 heteroatoms. The number of hydrogen-bond acceptors (Lipinski definition) is 4. The van der Waals surface area contributed by atoms with E-state index in [1.54, 1.807) is 0 Å². The normalized spacial score (nSPS) is 12.7. The van der Waals surface area contributed by atoms with Crippen molar-refractivity contribution >= 4 is 20.3 Å². The molecule has 0 bridgehead atoms. The lowest BCUT2D eigenvalue weighted by atomic mass is 10.2. The Hall–Kier alpha value is -0.923. The highest BCUT2D eigenvalue weighted by Crippen LogP contribution is 2.36. The Bertz CT molecular complexity index is 309. The molecule has 0 aliphatic heterocycles. The number of hydrogen-bond donors (Lipinski definition) is 2. The summed E-state index contributed by atoms with van der Waals surface area (Å²) in [5.74, 6) is -2.07. The van der Waals surface area contributed by atoms with Crippen molar-refractivity contribution in [2.75, 3.05) is 26.2 Å². The van der Waals surface area contributed by atoms with Crippen molar-refractivity contribution in [3.8, 4) is 0 Å². The molecule has 0 atom stereocenters. The van der Waals surface area contributed by atoms with Crippen LogP contribution in [0.5, 0.6) is 0 Å². The summed E-state index contributed by atoms with van der Waals surface area (Å²) in [5.41, 5.74) is 0. The number of carbonyl (C=O) groups is 2. The fourth-order valence-electron chi connectivity index (χ4n) is 1.24. The summed E-state index contributed by atoms with van der Waals surface area (Å²) in [4.78, 5) is 22.6. The molecule has 0 saturated carbocycles. The van der Waals surface area contributed by atoms with Gasteiger partial charge in [0.05, 0.1) is 13.1 Å². The summed E-state index contributed by atoms with van der Waals surface area (Å²) in [6.45, 7) is 10.7. The van der Waals surface area contributed by atoms with Gasteiger partial charge in [-0.05, 0) is 18.1 Å². The second kappa shape index (κ2) is 7.02. The van der Waals surface area contributed by atoms with Crippen molar-refractivity contribution in [3.63, 3.8) is 0 Å². The Morgan fingerprint density at radius 2 is 1.53 bits per heavy atom. The summed E-state index contributed by atoms with van der Waals surface area (Å²) < 4.78 is 5.90. The van der Waals surface area contributed by atoms with Crippen LogP contribution in [0.25, 0.3) is 0 Å². The Labute approximate surface area is 115 Å². The van der Waals surface area contributed by atoms with Crippen molar-refractivity contribution < 1.29 is 24.2 Å². The van der Waals surface area contributed by atoms with E-state index in [1.807, 2.05) is 0 Å². The van der Waals surface area contributed by atoms with Gasteiger partial charge in [-0.15, -0.1) is 0 Å². The first-order chi connectivity index (χ1) is 8.45. The lowest BCUT2D eigenvalue weighted by Gasteiger charge is -2.36. The third-order valence-corrected chi connectivity index (χ3v) is 7.93. The van der Waals surface area contributed by atoms with Gasteiger partial charge in [0, 0.05) is 13.2 Å². The molecule has 0 unspecified atom stereocenters. The quantitative estimate of drug-likeness (QED) is 0.659. The van der Waals surface area contributed by atoms with E-state index in [1.165, 1.54) is 4.90 Å². The molecule has 6 nitrogen and oxygen atoms in total. The maximum absolute atomic E-state index is 10.6. The van der Waals surface area contributed by atoms with E-state index in [2.05, 4.69) is 33.9 Å². The van der Waals surface area contributed by atoms with Gasteiger partial charge in [0.2, 0.25) is 0 Å². The van der Waals surface area contributed by atoms with E-state index < -0.39 is 20.3 Å². The fourth-order valence-corrected chi connectivity index (χ4v) is 2.28. The molecule has 0 amide bonds. The molecule has 0 aromatic carbocycles. The molecule has 0 heterocycles. The van der Waals surface area contributed by atoms with Crippen LogP contribution < -0.4 is 0 Å². The molecule has 0 aliphatic rings. The fraction of sp³-hybridized carbons (Fsp3) is 0.833. The van der Waals surface area contributed by atoms with Crippen LogP contribution in [0.4, 0.5) is 0 Å². The molecule has 0 spiro atoms. The van der Waals surface area contributed by atoms with Crippen molar-refractivity contribution in [3.05, 3.63) is 0 Å². The molecular weight excluding hydrogens is 266 g/mol. The van der Waals surface area contributed by atoms with Crippen LogP contribution in [0.2, 0.25) is 18.1 Å². The van der Waals surface area contributed by atoms with Crippen molar-refractivity contribution in [1.29, 1.82) is 0 Å². The van der Waals surface area contributed by atoms with Gasteiger partial charge < -0.3 is 14.6 Å². The van der Waals surface area contributed by atoms with Gasteiger partial charge in [0.25, 0.3) is 0 Å². The molecule has 0 saturated heterocycles. The summed E-state index contributed by atoms with van der Waals surface area (Å²) in [7, 11) is -1.87. The van der Waals surface area contributed by atoms with Crippen molar-refractivity contribution in [2.45, 2.75) is 38.9 Å². The largest absolute Gasteiger partial charge is 0.480 e. The number of carboxylic acids is 2. The van der Waals surface area contributed by atoms with Gasteiger partial charge in [-0.3, -0.25) is 14.5 Å². The van der Waals surface area contributed by atoms with Gasteiger partial charge in [-0.1, -0.05) is 20.8 Å². The molecule has 0 aliphatic carbocycles. The first-order valence-corrected chi connectivity index (χ1v) is 9.16. The molecule has 0 fully saturated rings. The number of aliphatic carboxylic acids is 2. The van der Waals surface area contributed by atoms with Crippen molar-refractivity contribution in [2.24, 2.45) is 0 Å². The molecule has 2 N–H and O–H groups in total. The predicted octanol–water partition coefficient (Wildman–Crippen LogP) is 1.48. The highest BCUT2D eigenvalue weighted by molar-refractivity contribution is 6.74. The minimum absolute atomic E-state index is 0.0808. The highest BCUT2D eigenvalue weighted by Gasteiger charge is 2.37. The summed E-state index contributed by atoms with van der Waals surface area (Å²) in [6.07, 6.45) is 0. The predicted molar refractivity (Wildman–Crippen MR) is 74.9 cm³/mol. The van der Waals surface area contributed by atoms with E-state index in [-0.39, 0.29) is 18.1 Å². The number of rotatable bonds is 8. The van der Waals surface area contributed by atoms with Crippen LogP contribution in [0.1, 0.15) is 20.8 Å². The molecular formula is C12H25NO5Si. The van der Waals surface area contributed by atoms with Crippen LogP contribution in [0, 0.1) is 0 Å². The second-order valence-electron chi connectivity index (χ2n) is 6.11. The summed E-state index contributed by atoms with van der Waals surface area (Å²) in [6, 6.07) is 0. The van der Waals surface area contributed by atoms with Crippen LogP contribution in [0.15, 0.2) is 0 Å². The molecule has 0 rings (SSSR count). The summed E-state index contributed by atoms with van der Waals surface area (Å²) >= 11 is 0. The maximum atomic E-state index is 10.6. The zero-order valence-electron chi connectivity index (χ0n) is 12.4. The number of nitrogens with zero attached hydrogens (tertiary/aromatic N) is 1. The monoisotopic (exact) mass is 291 g/mol. The smallest absolute Gasteiger partial charge is 0.317 e. The van der Waals surface area contributed by atoms with Gasteiger partial charge in [-0.2, -0.15) is 0 Å². The van der Waals surface area contributed by atoms with E-state index in [9.17, 15) is 9.59 Å². The van der Waals surface area contributed by atoms with Crippen LogP contribution in [0.3, 0.4) is 0 Å². The lowest BCUT2D eigenvalue weighted by Crippen LogP contribution is -2.44. The Kier molecular flexibility index (Phi) is 6.68. The van der Waals surface area contributed by atoms with Crippen LogP contribution in [-0.2, 0) is 14.0 Å². The molecule has 112 valence electrons. The standard InChI is InChI=1S/C12H25NO5Si/c1-12(2,3)19(4,5)18-7-6-13(8-10(14)15)9-11(16)17/h6-9H2,1-5H3,(H,14,15)(H,16,17). The average molecular weight is 291 g/mol. The van der Waals surface area contributed by atoms with Crippen LogP contribution >= 0.6 is 0 Å². The SMILES string of the molecule is CC(C)(C)[Si](C)(C)OCCN(CC(=O)O)CC(=O)O. The second-order valence-corrected chi connectivity index (χ2v) is 10.9. The Balaban J connectivity index is 4.33. The van der Waals surface area contributed by atoms with Gasteiger partial charge in [0.15, 0.2) is 8.32 Å². The molecule has 0 aromatic heterocycles. The maximum Gasteiger partial charge on any atom is 0.317 e. The number of carboxylic acid groups (broad SMARTS) is 2. The van der Waals surface area contributed by atoms with Gasteiger partial charge in [0.1, 0.15) is 0 Å². The zero-order chi connectivity index (χ0) is 15.3. The van der Waals surface area contributed by atoms with E-state index in [0.29, 0.717) is 13.2 Å². The summed E-state index contributed by atoms with van der Waals surface area (Å²) in [5, 5.41) is 17.5. The minimum Gasteiger partial charge on any atom is -0.480 e. The topological polar surface area (TPSA) is 87.1 Å². The third-order valence-electron chi connectivity index (χ3n) is 3.39. The zero-order valence-corrected chi connectivity index (χ0v) is 13.4. The molecule has 19 heavy (non-hydrogen) atoms.